The molecule has 0 amide bonds. The largest absolute Gasteiger partial charge is 0.465 e. The number of carbonyl (C=O) groups excluding carboxylic acids is 1. The van der Waals surface area contributed by atoms with E-state index in [1.54, 1.807) is 30.3 Å². The van der Waals surface area contributed by atoms with Gasteiger partial charge in [0, 0.05) is 17.3 Å². The fraction of sp³-hybridized carbons (Fsp3) is 0.118. The lowest BCUT2D eigenvalue weighted by Crippen LogP contribution is -2.16. The van der Waals surface area contributed by atoms with E-state index < -0.39 is 16.0 Å². The number of sulfonamides is 1. The summed E-state index contributed by atoms with van der Waals surface area (Å²) in [7, 11) is -2.72. The number of carbonyl (C=O) groups is 1. The van der Waals surface area contributed by atoms with E-state index in [9.17, 15) is 13.2 Å². The summed E-state index contributed by atoms with van der Waals surface area (Å²) >= 11 is 5.81. The number of methoxy groups -OCH3 is 1. The summed E-state index contributed by atoms with van der Waals surface area (Å²) in [5, 5.41) is 3.43. The van der Waals surface area contributed by atoms with Crippen LogP contribution in [0.3, 0.4) is 0 Å². The molecule has 0 saturated heterocycles. The molecule has 2 N–H and O–H groups in total. The minimum absolute atomic E-state index is 0.0767. The van der Waals surface area contributed by atoms with Gasteiger partial charge in [-0.25, -0.2) is 13.2 Å². The van der Waals surface area contributed by atoms with Crippen molar-refractivity contribution in [2.24, 2.45) is 0 Å². The van der Waals surface area contributed by atoms with Crippen LogP contribution in [0.15, 0.2) is 60.0 Å². The van der Waals surface area contributed by atoms with Crippen LogP contribution in [0.1, 0.15) is 10.4 Å². The molecule has 0 bridgehead atoms. The third-order valence-electron chi connectivity index (χ3n) is 3.23. The molecule has 0 aliphatic heterocycles. The molecule has 0 fully saturated rings. The summed E-state index contributed by atoms with van der Waals surface area (Å²) in [5.41, 5.74) is 0.819. The highest BCUT2D eigenvalue weighted by atomic mass is 35.5. The van der Waals surface area contributed by atoms with Crippen LogP contribution in [0.2, 0.25) is 5.02 Å². The lowest BCUT2D eigenvalue weighted by atomic mass is 10.2. The molecule has 0 atom stereocenters. The van der Waals surface area contributed by atoms with Crippen molar-refractivity contribution in [2.75, 3.05) is 23.7 Å². The van der Waals surface area contributed by atoms with Crippen LogP contribution in [0.25, 0.3) is 0 Å². The van der Waals surface area contributed by atoms with Crippen molar-refractivity contribution >= 4 is 39.0 Å². The number of rotatable bonds is 7. The number of benzene rings is 2. The molecule has 2 aromatic rings. The maximum absolute atomic E-state index is 12.8. The Hall–Kier alpha value is -2.51. The van der Waals surface area contributed by atoms with Crippen molar-refractivity contribution < 1.29 is 17.9 Å². The second kappa shape index (κ2) is 8.04. The predicted molar refractivity (Wildman–Crippen MR) is 98.7 cm³/mol. The molecule has 2 rings (SSSR count). The number of nitrogens with one attached hydrogen (secondary N) is 2. The Morgan fingerprint density at radius 1 is 1.24 bits per heavy atom. The van der Waals surface area contributed by atoms with Crippen molar-refractivity contribution in [1.29, 1.82) is 0 Å². The Labute approximate surface area is 151 Å². The highest BCUT2D eigenvalue weighted by molar-refractivity contribution is 7.92. The average Bonchev–Trinajstić information content (AvgIpc) is 2.61. The monoisotopic (exact) mass is 380 g/mol. The molecule has 6 nitrogen and oxygen atoms in total. The number of anilines is 2. The summed E-state index contributed by atoms with van der Waals surface area (Å²) < 4.78 is 32.7. The first-order chi connectivity index (χ1) is 11.9. The molecule has 0 heterocycles. The normalized spacial score (nSPS) is 10.8. The maximum Gasteiger partial charge on any atom is 0.337 e. The van der Waals surface area contributed by atoms with E-state index in [0.29, 0.717) is 22.9 Å². The molecule has 0 aromatic heterocycles. The van der Waals surface area contributed by atoms with Crippen LogP contribution >= 0.6 is 11.6 Å². The van der Waals surface area contributed by atoms with E-state index in [4.69, 9.17) is 11.6 Å². The number of esters is 1. The smallest absolute Gasteiger partial charge is 0.337 e. The molecular weight excluding hydrogens is 364 g/mol. The van der Waals surface area contributed by atoms with E-state index in [0.717, 1.165) is 0 Å². The van der Waals surface area contributed by atoms with Gasteiger partial charge in [-0.2, -0.15) is 0 Å². The Balaban J connectivity index is 2.45. The number of hydrogen-bond acceptors (Lipinski definition) is 5. The second-order valence-corrected chi connectivity index (χ2v) is 7.07. The number of halogens is 1. The molecule has 0 radical (unpaired) electrons. The highest BCUT2D eigenvalue weighted by Crippen LogP contribution is 2.26. The first-order valence-corrected chi connectivity index (χ1v) is 9.09. The first-order valence-electron chi connectivity index (χ1n) is 7.23. The van der Waals surface area contributed by atoms with Crippen LogP contribution in [-0.2, 0) is 14.8 Å². The molecule has 8 heteroatoms. The van der Waals surface area contributed by atoms with Gasteiger partial charge in [0.2, 0.25) is 0 Å². The minimum Gasteiger partial charge on any atom is -0.465 e. The van der Waals surface area contributed by atoms with Crippen LogP contribution in [0.4, 0.5) is 11.4 Å². The summed E-state index contributed by atoms with van der Waals surface area (Å²) in [6, 6.07) is 10.5. The Bertz CT molecular complexity index is 880. The zero-order chi connectivity index (χ0) is 18.4. The third-order valence-corrected chi connectivity index (χ3v) is 4.90. The van der Waals surface area contributed by atoms with Gasteiger partial charge in [0.1, 0.15) is 4.90 Å². The molecule has 0 saturated carbocycles. The highest BCUT2D eigenvalue weighted by Gasteiger charge is 2.21. The first kappa shape index (κ1) is 18.8. The van der Waals surface area contributed by atoms with Gasteiger partial charge in [-0.3, -0.25) is 4.72 Å². The number of ether oxygens (including phenoxy) is 1. The quantitative estimate of drug-likeness (QED) is 0.567. The summed E-state index contributed by atoms with van der Waals surface area (Å²) in [5.74, 6) is -0.627. The van der Waals surface area contributed by atoms with Crippen molar-refractivity contribution in [2.45, 2.75) is 4.90 Å². The Morgan fingerprint density at radius 3 is 2.52 bits per heavy atom. The van der Waals surface area contributed by atoms with Gasteiger partial charge in [-0.15, -0.1) is 6.58 Å². The van der Waals surface area contributed by atoms with Gasteiger partial charge < -0.3 is 10.1 Å². The van der Waals surface area contributed by atoms with Crippen LogP contribution < -0.4 is 10.0 Å². The van der Waals surface area contributed by atoms with Gasteiger partial charge in [-0.1, -0.05) is 17.7 Å². The summed E-state index contributed by atoms with van der Waals surface area (Å²) in [6.45, 7) is 3.95. The van der Waals surface area contributed by atoms with E-state index >= 15 is 0 Å². The fourth-order valence-electron chi connectivity index (χ4n) is 2.05. The average molecular weight is 381 g/mol. The molecule has 0 unspecified atom stereocenters. The minimum atomic E-state index is -3.95. The van der Waals surface area contributed by atoms with Crippen molar-refractivity contribution in [1.82, 2.24) is 0 Å². The Kier molecular flexibility index (Phi) is 6.06. The van der Waals surface area contributed by atoms with Gasteiger partial charge in [-0.05, 0) is 42.5 Å². The molecule has 2 aromatic carbocycles. The second-order valence-electron chi connectivity index (χ2n) is 4.98. The topological polar surface area (TPSA) is 84.5 Å². The number of hydrogen-bond donors (Lipinski definition) is 2. The molecule has 25 heavy (non-hydrogen) atoms. The van der Waals surface area contributed by atoms with E-state index in [2.05, 4.69) is 21.4 Å². The molecule has 132 valence electrons. The van der Waals surface area contributed by atoms with Crippen molar-refractivity contribution in [3.63, 3.8) is 0 Å². The standard InChI is InChI=1S/C17H17ClN2O4S/c1-3-10-19-15-9-4-12(17(21)24-2)11-16(15)25(22,23)20-14-7-5-13(18)6-8-14/h3-9,11,19-20H,1,10H2,2H3. The van der Waals surface area contributed by atoms with E-state index in [1.807, 2.05) is 0 Å². The van der Waals surface area contributed by atoms with Gasteiger partial charge >= 0.3 is 5.97 Å². The van der Waals surface area contributed by atoms with Crippen molar-refractivity contribution in [3.8, 4) is 0 Å². The zero-order valence-corrected chi connectivity index (χ0v) is 15.0. The van der Waals surface area contributed by atoms with Crippen LogP contribution in [0, 0.1) is 0 Å². The summed E-state index contributed by atoms with van der Waals surface area (Å²) in [6.07, 6.45) is 1.59. The van der Waals surface area contributed by atoms with Gasteiger partial charge in [0.25, 0.3) is 10.0 Å². The summed E-state index contributed by atoms with van der Waals surface area (Å²) in [4.78, 5) is 11.6. The lowest BCUT2D eigenvalue weighted by molar-refractivity contribution is 0.0600. The molecular formula is C17H17ClN2O4S. The van der Waals surface area contributed by atoms with E-state index in [1.165, 1.54) is 25.3 Å². The molecule has 0 aliphatic carbocycles. The maximum atomic E-state index is 12.8. The molecule has 0 aliphatic rings. The van der Waals surface area contributed by atoms with Gasteiger partial charge in [0.15, 0.2) is 0 Å². The van der Waals surface area contributed by atoms with Crippen molar-refractivity contribution in [3.05, 3.63) is 65.7 Å². The Morgan fingerprint density at radius 2 is 1.92 bits per heavy atom. The predicted octanol–water partition coefficient (Wildman–Crippen LogP) is 3.53. The van der Waals surface area contributed by atoms with Gasteiger partial charge in [0.05, 0.1) is 18.4 Å². The van der Waals surface area contributed by atoms with Crippen LogP contribution in [0.5, 0.6) is 0 Å². The SMILES string of the molecule is C=CCNc1ccc(C(=O)OC)cc1S(=O)(=O)Nc1ccc(Cl)cc1. The van der Waals surface area contributed by atoms with Crippen LogP contribution in [-0.4, -0.2) is 28.0 Å². The fourth-order valence-corrected chi connectivity index (χ4v) is 3.44. The molecule has 0 spiro atoms. The third kappa shape index (κ3) is 4.74. The van der Waals surface area contributed by atoms with E-state index in [-0.39, 0.29) is 10.5 Å². The zero-order valence-electron chi connectivity index (χ0n) is 13.5. The lowest BCUT2D eigenvalue weighted by Gasteiger charge is -2.14.